The molecule has 0 aliphatic rings. The second-order valence-corrected chi connectivity index (χ2v) is 5.60. The molecule has 0 aliphatic heterocycles. The first kappa shape index (κ1) is 19.7. The summed E-state index contributed by atoms with van der Waals surface area (Å²) in [6.45, 7) is -3.14. The van der Waals surface area contributed by atoms with Crippen LogP contribution >= 0.6 is 0 Å². The smallest absolute Gasteiger partial charge is 0.416 e. The van der Waals surface area contributed by atoms with E-state index >= 15 is 0 Å². The van der Waals surface area contributed by atoms with Crippen LogP contribution in [0.5, 0.6) is 5.75 Å². The van der Waals surface area contributed by atoms with Crippen molar-refractivity contribution < 1.29 is 31.5 Å². The third kappa shape index (κ3) is 5.44. The molecule has 0 heterocycles. The number of carbonyl (C=O) groups excluding carboxylic acids is 1. The molecule has 0 radical (unpaired) electrons. The molecule has 0 atom stereocenters. The van der Waals surface area contributed by atoms with E-state index < -0.39 is 24.3 Å². The van der Waals surface area contributed by atoms with Gasteiger partial charge in [-0.1, -0.05) is 30.3 Å². The number of alkyl halides is 5. The van der Waals surface area contributed by atoms with E-state index in [0.29, 0.717) is 5.56 Å². The molecule has 0 aromatic heterocycles. The van der Waals surface area contributed by atoms with E-state index in [1.54, 1.807) is 0 Å². The molecule has 0 saturated carbocycles. The van der Waals surface area contributed by atoms with Crippen molar-refractivity contribution in [2.45, 2.75) is 25.8 Å². The molecule has 0 saturated heterocycles. The lowest BCUT2D eigenvalue weighted by Crippen LogP contribution is -2.28. The number of rotatable bonds is 6. The summed E-state index contributed by atoms with van der Waals surface area (Å²) >= 11 is 0. The zero-order valence-electron chi connectivity index (χ0n) is 13.8. The molecule has 0 unspecified atom stereocenters. The summed E-state index contributed by atoms with van der Waals surface area (Å²) in [6, 6.07) is 10.6. The summed E-state index contributed by atoms with van der Waals surface area (Å²) in [7, 11) is 1.41. The first-order valence-corrected chi connectivity index (χ1v) is 7.59. The Bertz CT molecular complexity index is 744. The molecule has 0 fully saturated rings. The average Bonchev–Trinajstić information content (AvgIpc) is 2.55. The van der Waals surface area contributed by atoms with Gasteiger partial charge < -0.3 is 9.64 Å². The van der Waals surface area contributed by atoms with Crippen LogP contribution in [0.15, 0.2) is 48.5 Å². The maximum atomic E-state index is 13.0. The largest absolute Gasteiger partial charge is 0.435 e. The number of halogens is 5. The van der Waals surface area contributed by atoms with Gasteiger partial charge in [-0.3, -0.25) is 4.79 Å². The Morgan fingerprint density at radius 1 is 1.08 bits per heavy atom. The van der Waals surface area contributed by atoms with Crippen LogP contribution in [0.1, 0.15) is 16.7 Å². The number of hydrogen-bond donors (Lipinski definition) is 0. The number of amides is 1. The highest BCUT2D eigenvalue weighted by Crippen LogP contribution is 2.32. The van der Waals surface area contributed by atoms with Gasteiger partial charge in [0.25, 0.3) is 0 Å². The summed E-state index contributed by atoms with van der Waals surface area (Å²) < 4.78 is 67.4. The third-order valence-corrected chi connectivity index (χ3v) is 3.66. The van der Waals surface area contributed by atoms with Gasteiger partial charge in [0.1, 0.15) is 5.75 Å². The van der Waals surface area contributed by atoms with E-state index in [4.69, 9.17) is 0 Å². The van der Waals surface area contributed by atoms with Gasteiger partial charge in [0, 0.05) is 13.6 Å². The molecule has 2 aromatic rings. The summed E-state index contributed by atoms with van der Waals surface area (Å²) in [5.41, 5.74) is -0.253. The molecule has 0 bridgehead atoms. The molecule has 1 amide bonds. The zero-order valence-corrected chi connectivity index (χ0v) is 13.8. The number of benzene rings is 2. The van der Waals surface area contributed by atoms with E-state index in [9.17, 15) is 26.7 Å². The normalized spacial score (nSPS) is 11.5. The van der Waals surface area contributed by atoms with Crippen molar-refractivity contribution in [2.24, 2.45) is 0 Å². The molecular formula is C18H16F5NO2. The van der Waals surface area contributed by atoms with E-state index in [2.05, 4.69) is 4.74 Å². The number of ether oxygens (including phenoxy) is 1. The van der Waals surface area contributed by atoms with Crippen molar-refractivity contribution in [1.29, 1.82) is 0 Å². The van der Waals surface area contributed by atoms with Crippen molar-refractivity contribution in [3.05, 3.63) is 65.2 Å². The molecule has 0 spiro atoms. The predicted octanol–water partition coefficient (Wildman–Crippen LogP) is 4.51. The van der Waals surface area contributed by atoms with Gasteiger partial charge in [0.2, 0.25) is 5.91 Å². The number of carbonyl (C=O) groups is 1. The van der Waals surface area contributed by atoms with Crippen molar-refractivity contribution >= 4 is 5.91 Å². The SMILES string of the molecule is CN(Cc1ccccc1C(F)(F)F)C(=O)Cc1ccc(OC(F)F)cc1. The van der Waals surface area contributed by atoms with Crippen LogP contribution in [0.3, 0.4) is 0 Å². The predicted molar refractivity (Wildman–Crippen MR) is 84.7 cm³/mol. The van der Waals surface area contributed by atoms with Gasteiger partial charge in [-0.2, -0.15) is 22.0 Å². The molecular weight excluding hydrogens is 357 g/mol. The minimum absolute atomic E-state index is 0.00321. The Labute approximate surface area is 147 Å². The highest BCUT2D eigenvalue weighted by molar-refractivity contribution is 5.78. The summed E-state index contributed by atoms with van der Waals surface area (Å²) in [6.07, 6.45) is -4.57. The number of hydrogen-bond acceptors (Lipinski definition) is 2. The minimum Gasteiger partial charge on any atom is -0.435 e. The minimum atomic E-state index is -4.50. The highest BCUT2D eigenvalue weighted by atomic mass is 19.4. The fourth-order valence-corrected chi connectivity index (χ4v) is 2.38. The van der Waals surface area contributed by atoms with Crippen LogP contribution in [-0.4, -0.2) is 24.5 Å². The van der Waals surface area contributed by atoms with E-state index in [0.717, 1.165) is 6.07 Å². The lowest BCUT2D eigenvalue weighted by atomic mass is 10.1. The molecule has 2 rings (SSSR count). The van der Waals surface area contributed by atoms with Crippen LogP contribution in [0.4, 0.5) is 22.0 Å². The van der Waals surface area contributed by atoms with E-state index in [1.165, 1.54) is 54.4 Å². The lowest BCUT2D eigenvalue weighted by Gasteiger charge is -2.20. The van der Waals surface area contributed by atoms with Crippen LogP contribution in [0.2, 0.25) is 0 Å². The van der Waals surface area contributed by atoms with Crippen molar-refractivity contribution in [1.82, 2.24) is 4.90 Å². The maximum absolute atomic E-state index is 13.0. The summed E-state index contributed by atoms with van der Waals surface area (Å²) in [4.78, 5) is 13.4. The Hall–Kier alpha value is -2.64. The average molecular weight is 373 g/mol. The number of nitrogens with zero attached hydrogens (tertiary/aromatic N) is 1. The fraction of sp³-hybridized carbons (Fsp3) is 0.278. The quantitative estimate of drug-likeness (QED) is 0.698. The Morgan fingerprint density at radius 2 is 1.69 bits per heavy atom. The first-order valence-electron chi connectivity index (χ1n) is 7.59. The monoisotopic (exact) mass is 373 g/mol. The molecule has 8 heteroatoms. The first-order chi connectivity index (χ1) is 12.2. The molecule has 2 aromatic carbocycles. The molecule has 0 N–H and O–H groups in total. The Balaban J connectivity index is 2.02. The zero-order chi connectivity index (χ0) is 19.3. The second kappa shape index (κ2) is 8.16. The summed E-state index contributed by atoms with van der Waals surface area (Å²) in [5, 5.41) is 0. The maximum Gasteiger partial charge on any atom is 0.416 e. The van der Waals surface area contributed by atoms with Gasteiger partial charge in [-0.05, 0) is 29.3 Å². The fourth-order valence-electron chi connectivity index (χ4n) is 2.38. The number of likely N-dealkylation sites (N-methyl/N-ethyl adjacent to an activating group) is 1. The van der Waals surface area contributed by atoms with E-state index in [-0.39, 0.29) is 24.3 Å². The lowest BCUT2D eigenvalue weighted by molar-refractivity contribution is -0.139. The van der Waals surface area contributed by atoms with Gasteiger partial charge in [-0.25, -0.2) is 0 Å². The van der Waals surface area contributed by atoms with Crippen molar-refractivity contribution in [3.63, 3.8) is 0 Å². The van der Waals surface area contributed by atoms with Crippen LogP contribution in [-0.2, 0) is 23.9 Å². The van der Waals surface area contributed by atoms with Crippen LogP contribution < -0.4 is 4.74 Å². The van der Waals surface area contributed by atoms with Gasteiger partial charge in [0.05, 0.1) is 12.0 Å². The standard InChI is InChI=1S/C18H16F5NO2/c1-24(11-13-4-2-3-5-15(13)18(21,22)23)16(25)10-12-6-8-14(9-7-12)26-17(19)20/h2-9,17H,10-11H2,1H3. The second-order valence-electron chi connectivity index (χ2n) is 5.60. The van der Waals surface area contributed by atoms with Gasteiger partial charge >= 0.3 is 12.8 Å². The van der Waals surface area contributed by atoms with Crippen LogP contribution in [0, 0.1) is 0 Å². The van der Waals surface area contributed by atoms with Gasteiger partial charge in [-0.15, -0.1) is 0 Å². The topological polar surface area (TPSA) is 29.5 Å². The van der Waals surface area contributed by atoms with Gasteiger partial charge in [0.15, 0.2) is 0 Å². The highest BCUT2D eigenvalue weighted by Gasteiger charge is 2.33. The Kier molecular flexibility index (Phi) is 6.18. The molecule has 0 aliphatic carbocycles. The molecule has 3 nitrogen and oxygen atoms in total. The molecule has 140 valence electrons. The Morgan fingerprint density at radius 3 is 2.27 bits per heavy atom. The van der Waals surface area contributed by atoms with Crippen molar-refractivity contribution in [3.8, 4) is 5.75 Å². The summed E-state index contributed by atoms with van der Waals surface area (Å²) in [5.74, 6) is -0.437. The third-order valence-electron chi connectivity index (χ3n) is 3.66. The van der Waals surface area contributed by atoms with E-state index in [1.807, 2.05) is 0 Å². The van der Waals surface area contributed by atoms with Crippen LogP contribution in [0.25, 0.3) is 0 Å². The van der Waals surface area contributed by atoms with Crippen molar-refractivity contribution in [2.75, 3.05) is 7.05 Å². The molecule has 26 heavy (non-hydrogen) atoms.